The summed E-state index contributed by atoms with van der Waals surface area (Å²) in [4.78, 5) is 14.8. The van der Waals surface area contributed by atoms with Crippen molar-refractivity contribution in [2.24, 2.45) is 11.3 Å². The quantitative estimate of drug-likeness (QED) is 0.783. The highest BCUT2D eigenvalue weighted by atomic mass is 32.2. The van der Waals surface area contributed by atoms with Gasteiger partial charge < -0.3 is 4.90 Å². The minimum Gasteiger partial charge on any atom is -0.342 e. The van der Waals surface area contributed by atoms with Crippen molar-refractivity contribution in [2.75, 3.05) is 32.4 Å². The van der Waals surface area contributed by atoms with E-state index in [0.29, 0.717) is 25.4 Å². The molecule has 114 valence electrons. The number of rotatable bonds is 3. The van der Waals surface area contributed by atoms with Crippen LogP contribution >= 0.6 is 0 Å². The van der Waals surface area contributed by atoms with Crippen LogP contribution in [0, 0.1) is 11.3 Å². The normalized spacial score (nSPS) is 32.9. The Morgan fingerprint density at radius 1 is 1.20 bits per heavy atom. The van der Waals surface area contributed by atoms with Crippen LogP contribution in [0.25, 0.3) is 0 Å². The van der Waals surface area contributed by atoms with Crippen molar-refractivity contribution in [2.45, 2.75) is 38.5 Å². The van der Waals surface area contributed by atoms with E-state index in [1.165, 1.54) is 29.8 Å². The predicted molar refractivity (Wildman–Crippen MR) is 76.6 cm³/mol. The van der Waals surface area contributed by atoms with E-state index in [2.05, 4.69) is 0 Å². The zero-order valence-corrected chi connectivity index (χ0v) is 13.0. The molecule has 6 heteroatoms. The highest BCUT2D eigenvalue weighted by Gasteiger charge is 2.50. The second-order valence-electron chi connectivity index (χ2n) is 6.78. The number of carbonyl (C=O) groups is 1. The van der Waals surface area contributed by atoms with Crippen molar-refractivity contribution in [3.63, 3.8) is 0 Å². The standard InChI is InChI=1S/C14H24N2O3S/c1-20(18,19)16-9-7-14(11-16)6-3-8-15(13(14)17)10-12-4-2-5-12/h12H,2-11H2,1H3. The Morgan fingerprint density at radius 2 is 1.95 bits per heavy atom. The molecule has 0 aromatic rings. The van der Waals surface area contributed by atoms with Crippen LogP contribution in [0.4, 0.5) is 0 Å². The van der Waals surface area contributed by atoms with Crippen molar-refractivity contribution in [1.29, 1.82) is 0 Å². The summed E-state index contributed by atoms with van der Waals surface area (Å²) < 4.78 is 24.8. The Kier molecular flexibility index (Phi) is 3.57. The molecule has 0 radical (unpaired) electrons. The van der Waals surface area contributed by atoms with Gasteiger partial charge >= 0.3 is 0 Å². The van der Waals surface area contributed by atoms with Gasteiger partial charge in [-0.3, -0.25) is 4.79 Å². The smallest absolute Gasteiger partial charge is 0.230 e. The maximum absolute atomic E-state index is 12.8. The lowest BCUT2D eigenvalue weighted by molar-refractivity contribution is -0.146. The Hall–Kier alpha value is -0.620. The number of sulfonamides is 1. The van der Waals surface area contributed by atoms with Crippen molar-refractivity contribution >= 4 is 15.9 Å². The Balaban J connectivity index is 1.71. The van der Waals surface area contributed by atoms with E-state index >= 15 is 0 Å². The monoisotopic (exact) mass is 300 g/mol. The van der Waals surface area contributed by atoms with Crippen LogP contribution in [-0.4, -0.2) is 56.0 Å². The Labute approximate surface area is 121 Å². The first kappa shape index (κ1) is 14.3. The van der Waals surface area contributed by atoms with E-state index in [4.69, 9.17) is 0 Å². The first-order valence-corrected chi connectivity index (χ1v) is 9.50. The second kappa shape index (κ2) is 4.98. The fraction of sp³-hybridized carbons (Fsp3) is 0.929. The van der Waals surface area contributed by atoms with Crippen LogP contribution in [0.3, 0.4) is 0 Å². The predicted octanol–water partition coefficient (Wildman–Crippen LogP) is 1.06. The molecule has 2 aliphatic heterocycles. The molecule has 3 aliphatic rings. The van der Waals surface area contributed by atoms with Crippen molar-refractivity contribution in [3.8, 4) is 0 Å². The maximum atomic E-state index is 12.8. The summed E-state index contributed by atoms with van der Waals surface area (Å²) in [5, 5.41) is 0. The fourth-order valence-electron chi connectivity index (χ4n) is 3.81. The third kappa shape index (κ3) is 2.48. The van der Waals surface area contributed by atoms with Crippen LogP contribution in [0.2, 0.25) is 0 Å². The minimum absolute atomic E-state index is 0.210. The zero-order chi connectivity index (χ0) is 14.4. The van der Waals surface area contributed by atoms with Gasteiger partial charge in [-0.15, -0.1) is 0 Å². The molecule has 3 rings (SSSR count). The number of likely N-dealkylation sites (tertiary alicyclic amines) is 1. The molecule has 0 bridgehead atoms. The number of amides is 1. The average Bonchev–Trinajstić information content (AvgIpc) is 2.74. The summed E-state index contributed by atoms with van der Waals surface area (Å²) in [6.45, 7) is 2.64. The van der Waals surface area contributed by atoms with Gasteiger partial charge in [-0.2, -0.15) is 0 Å². The van der Waals surface area contributed by atoms with Gasteiger partial charge in [0, 0.05) is 26.2 Å². The molecular formula is C14H24N2O3S. The van der Waals surface area contributed by atoms with E-state index in [-0.39, 0.29) is 5.91 Å². The SMILES string of the molecule is CS(=O)(=O)N1CCC2(CCCN(CC3CCC3)C2=O)C1. The van der Waals surface area contributed by atoms with E-state index in [1.807, 2.05) is 4.90 Å². The van der Waals surface area contributed by atoms with Gasteiger partial charge in [-0.05, 0) is 38.0 Å². The van der Waals surface area contributed by atoms with Gasteiger partial charge in [0.1, 0.15) is 0 Å². The summed E-state index contributed by atoms with van der Waals surface area (Å²) in [7, 11) is -3.17. The van der Waals surface area contributed by atoms with Gasteiger partial charge in [0.2, 0.25) is 15.9 Å². The lowest BCUT2D eigenvalue weighted by atomic mass is 9.77. The van der Waals surface area contributed by atoms with Crippen LogP contribution in [-0.2, 0) is 14.8 Å². The molecule has 0 N–H and O–H groups in total. The zero-order valence-electron chi connectivity index (χ0n) is 12.2. The average molecular weight is 300 g/mol. The molecule has 1 atom stereocenters. The molecule has 2 heterocycles. The third-order valence-corrected chi connectivity index (χ3v) is 6.57. The van der Waals surface area contributed by atoms with Crippen molar-refractivity contribution in [3.05, 3.63) is 0 Å². The molecule has 3 fully saturated rings. The van der Waals surface area contributed by atoms with Crippen LogP contribution in [0.1, 0.15) is 38.5 Å². The Morgan fingerprint density at radius 3 is 2.50 bits per heavy atom. The third-order valence-electron chi connectivity index (χ3n) is 5.32. The van der Waals surface area contributed by atoms with Crippen molar-refractivity contribution in [1.82, 2.24) is 9.21 Å². The number of carbonyl (C=O) groups excluding carboxylic acids is 1. The van der Waals surface area contributed by atoms with Crippen molar-refractivity contribution < 1.29 is 13.2 Å². The van der Waals surface area contributed by atoms with Gasteiger partial charge in [-0.1, -0.05) is 6.42 Å². The summed E-state index contributed by atoms with van der Waals surface area (Å²) >= 11 is 0. The number of hydrogen-bond acceptors (Lipinski definition) is 3. The lowest BCUT2D eigenvalue weighted by Gasteiger charge is -2.42. The first-order valence-electron chi connectivity index (χ1n) is 7.65. The summed E-state index contributed by atoms with van der Waals surface area (Å²) in [6.07, 6.45) is 7.57. The summed E-state index contributed by atoms with van der Waals surface area (Å²) in [5.74, 6) is 0.892. The lowest BCUT2D eigenvalue weighted by Crippen LogP contribution is -2.52. The minimum atomic E-state index is -3.17. The Bertz CT molecular complexity index is 501. The van der Waals surface area contributed by atoms with E-state index in [0.717, 1.165) is 25.9 Å². The highest BCUT2D eigenvalue weighted by molar-refractivity contribution is 7.88. The highest BCUT2D eigenvalue weighted by Crippen LogP contribution is 2.41. The molecule has 1 amide bonds. The van der Waals surface area contributed by atoms with E-state index < -0.39 is 15.4 Å². The van der Waals surface area contributed by atoms with Crippen LogP contribution in [0.15, 0.2) is 0 Å². The molecule has 1 unspecified atom stereocenters. The fourth-order valence-corrected chi connectivity index (χ4v) is 4.71. The summed E-state index contributed by atoms with van der Waals surface area (Å²) in [5.41, 5.74) is -0.426. The number of hydrogen-bond donors (Lipinski definition) is 0. The first-order chi connectivity index (χ1) is 9.41. The molecule has 1 saturated carbocycles. The molecule has 20 heavy (non-hydrogen) atoms. The van der Waals surface area contributed by atoms with Crippen LogP contribution in [0.5, 0.6) is 0 Å². The van der Waals surface area contributed by atoms with E-state index in [9.17, 15) is 13.2 Å². The van der Waals surface area contributed by atoms with E-state index in [1.54, 1.807) is 0 Å². The maximum Gasteiger partial charge on any atom is 0.230 e. The van der Waals surface area contributed by atoms with Gasteiger partial charge in [0.25, 0.3) is 0 Å². The molecule has 2 saturated heterocycles. The molecule has 0 aromatic carbocycles. The molecule has 1 aliphatic carbocycles. The van der Waals surface area contributed by atoms with Gasteiger partial charge in [-0.25, -0.2) is 12.7 Å². The number of piperidine rings is 1. The summed E-state index contributed by atoms with van der Waals surface area (Å²) in [6, 6.07) is 0. The molecule has 5 nitrogen and oxygen atoms in total. The molecule has 0 aromatic heterocycles. The molecule has 1 spiro atoms. The van der Waals surface area contributed by atoms with Gasteiger partial charge in [0.15, 0.2) is 0 Å². The number of nitrogens with zero attached hydrogens (tertiary/aromatic N) is 2. The largest absolute Gasteiger partial charge is 0.342 e. The topological polar surface area (TPSA) is 57.7 Å². The van der Waals surface area contributed by atoms with Crippen LogP contribution < -0.4 is 0 Å². The second-order valence-corrected chi connectivity index (χ2v) is 8.76. The molecular weight excluding hydrogens is 276 g/mol. The van der Waals surface area contributed by atoms with Gasteiger partial charge in [0.05, 0.1) is 11.7 Å².